The van der Waals surface area contributed by atoms with E-state index in [2.05, 4.69) is 6.07 Å². The molecule has 0 fully saturated rings. The molecule has 1 aromatic rings. The van der Waals surface area contributed by atoms with Gasteiger partial charge in [-0.25, -0.2) is 0 Å². The van der Waals surface area contributed by atoms with E-state index >= 15 is 0 Å². The van der Waals surface area contributed by atoms with Gasteiger partial charge in [0, 0.05) is 26.4 Å². The van der Waals surface area contributed by atoms with E-state index in [4.69, 9.17) is 4.74 Å². The van der Waals surface area contributed by atoms with Crippen LogP contribution in [0.2, 0.25) is 0 Å². The van der Waals surface area contributed by atoms with E-state index in [0.717, 1.165) is 16.9 Å². The first kappa shape index (κ1) is 14.3. The minimum atomic E-state index is -0.470. The molecule has 1 atom stereocenters. The highest BCUT2D eigenvalue weighted by molar-refractivity contribution is 5.93. The Morgan fingerprint density at radius 3 is 2.28 bits per heavy atom. The summed E-state index contributed by atoms with van der Waals surface area (Å²) in [6.45, 7) is 5.79. The predicted octanol–water partition coefficient (Wildman–Crippen LogP) is 2.72. The fourth-order valence-corrected chi connectivity index (χ4v) is 1.62. The van der Waals surface area contributed by atoms with Gasteiger partial charge in [-0.05, 0) is 44.0 Å². The second-order valence-corrected chi connectivity index (χ2v) is 4.77. The molecular formula is C15H21NO2. The predicted molar refractivity (Wildman–Crippen MR) is 73.8 cm³/mol. The number of hydrogen-bond donors (Lipinski definition) is 0. The zero-order valence-corrected chi connectivity index (χ0v) is 11.7. The Labute approximate surface area is 109 Å². The number of carbonyl (C=O) groups is 1. The molecule has 0 aliphatic carbocycles. The molecule has 3 heteroatoms. The molecule has 0 aliphatic heterocycles. The van der Waals surface area contributed by atoms with Crippen LogP contribution in [0.1, 0.15) is 18.1 Å². The number of carbonyl (C=O) groups excluding carboxylic acids is 1. The van der Waals surface area contributed by atoms with Gasteiger partial charge in [0.2, 0.25) is 0 Å². The van der Waals surface area contributed by atoms with E-state index in [-0.39, 0.29) is 5.78 Å². The summed E-state index contributed by atoms with van der Waals surface area (Å²) in [6, 6.07) is 5.95. The Hall–Kier alpha value is -1.77. The maximum atomic E-state index is 11.8. The molecular weight excluding hydrogens is 226 g/mol. The Bertz CT molecular complexity index is 430. The van der Waals surface area contributed by atoms with E-state index < -0.39 is 6.10 Å². The third-order valence-electron chi connectivity index (χ3n) is 2.45. The first-order valence-electron chi connectivity index (χ1n) is 6.02. The number of ketones is 1. The lowest BCUT2D eigenvalue weighted by molar-refractivity contribution is -0.120. The van der Waals surface area contributed by atoms with Crippen molar-refractivity contribution in [3.63, 3.8) is 0 Å². The Balaban J connectivity index is 2.69. The van der Waals surface area contributed by atoms with Gasteiger partial charge in [0.15, 0.2) is 11.9 Å². The molecule has 3 nitrogen and oxygen atoms in total. The summed E-state index contributed by atoms with van der Waals surface area (Å²) < 4.78 is 5.65. The summed E-state index contributed by atoms with van der Waals surface area (Å²) in [5, 5.41) is 0. The maximum Gasteiger partial charge on any atom is 0.197 e. The molecule has 0 spiro atoms. The summed E-state index contributed by atoms with van der Waals surface area (Å²) >= 11 is 0. The van der Waals surface area contributed by atoms with Crippen LogP contribution in [-0.2, 0) is 4.79 Å². The molecule has 18 heavy (non-hydrogen) atoms. The van der Waals surface area contributed by atoms with Crippen LogP contribution in [0.25, 0.3) is 0 Å². The molecule has 0 saturated heterocycles. The number of benzene rings is 1. The second kappa shape index (κ2) is 6.24. The third-order valence-corrected chi connectivity index (χ3v) is 2.45. The third kappa shape index (κ3) is 4.62. The highest BCUT2D eigenvalue weighted by Gasteiger charge is 2.11. The topological polar surface area (TPSA) is 29.5 Å². The monoisotopic (exact) mass is 247 g/mol. The Kier molecular flexibility index (Phi) is 4.95. The number of rotatable bonds is 5. The van der Waals surface area contributed by atoms with E-state index in [1.807, 2.05) is 45.0 Å². The molecule has 0 aliphatic rings. The van der Waals surface area contributed by atoms with Crippen LogP contribution in [0.15, 0.2) is 30.5 Å². The standard InChI is InChI=1S/C15H21NO2/c1-11-8-12(2)10-14(9-11)18-13(3)15(17)6-7-16(4)5/h6-10,13H,1-5H3/b7-6+/t13-/m1/s1. The highest BCUT2D eigenvalue weighted by atomic mass is 16.5. The summed E-state index contributed by atoms with van der Waals surface area (Å²) in [7, 11) is 3.75. The van der Waals surface area contributed by atoms with E-state index in [1.165, 1.54) is 6.08 Å². The number of nitrogens with zero attached hydrogens (tertiary/aromatic N) is 1. The quantitative estimate of drug-likeness (QED) is 0.749. The van der Waals surface area contributed by atoms with Crippen molar-refractivity contribution in [3.8, 4) is 5.75 Å². The number of hydrogen-bond acceptors (Lipinski definition) is 3. The molecule has 1 rings (SSSR count). The van der Waals surface area contributed by atoms with Gasteiger partial charge in [0.25, 0.3) is 0 Å². The van der Waals surface area contributed by atoms with Crippen molar-refractivity contribution in [3.05, 3.63) is 41.6 Å². The largest absolute Gasteiger partial charge is 0.483 e. The van der Waals surface area contributed by atoms with Gasteiger partial charge in [0.1, 0.15) is 5.75 Å². The minimum absolute atomic E-state index is 0.0390. The van der Waals surface area contributed by atoms with Gasteiger partial charge in [-0.3, -0.25) is 4.79 Å². The van der Waals surface area contributed by atoms with Crippen LogP contribution >= 0.6 is 0 Å². The van der Waals surface area contributed by atoms with Gasteiger partial charge >= 0.3 is 0 Å². The average Bonchev–Trinajstić information content (AvgIpc) is 2.24. The maximum absolute atomic E-state index is 11.8. The molecule has 1 aromatic carbocycles. The minimum Gasteiger partial charge on any atom is -0.483 e. The normalized spacial score (nSPS) is 12.5. The lowest BCUT2D eigenvalue weighted by atomic mass is 10.1. The van der Waals surface area contributed by atoms with Crippen molar-refractivity contribution in [2.45, 2.75) is 26.9 Å². The Morgan fingerprint density at radius 1 is 1.22 bits per heavy atom. The van der Waals surface area contributed by atoms with Crippen LogP contribution in [0.4, 0.5) is 0 Å². The van der Waals surface area contributed by atoms with Crippen LogP contribution in [0.5, 0.6) is 5.75 Å². The van der Waals surface area contributed by atoms with Crippen molar-refractivity contribution in [2.24, 2.45) is 0 Å². The van der Waals surface area contributed by atoms with Gasteiger partial charge in [-0.2, -0.15) is 0 Å². The van der Waals surface area contributed by atoms with Gasteiger partial charge < -0.3 is 9.64 Å². The Morgan fingerprint density at radius 2 is 1.78 bits per heavy atom. The second-order valence-electron chi connectivity index (χ2n) is 4.77. The highest BCUT2D eigenvalue weighted by Crippen LogP contribution is 2.17. The molecule has 0 heterocycles. The van der Waals surface area contributed by atoms with E-state index in [0.29, 0.717) is 0 Å². The first-order chi connectivity index (χ1) is 8.38. The summed E-state index contributed by atoms with van der Waals surface area (Å²) in [5.41, 5.74) is 2.27. The van der Waals surface area contributed by atoms with Crippen molar-refractivity contribution in [1.29, 1.82) is 0 Å². The van der Waals surface area contributed by atoms with Gasteiger partial charge in [-0.15, -0.1) is 0 Å². The number of aryl methyl sites for hydroxylation is 2. The van der Waals surface area contributed by atoms with Crippen LogP contribution < -0.4 is 4.74 Å². The van der Waals surface area contributed by atoms with Crippen molar-refractivity contribution < 1.29 is 9.53 Å². The smallest absolute Gasteiger partial charge is 0.197 e. The van der Waals surface area contributed by atoms with Crippen LogP contribution in [0, 0.1) is 13.8 Å². The molecule has 98 valence electrons. The molecule has 0 radical (unpaired) electrons. The van der Waals surface area contributed by atoms with Crippen molar-refractivity contribution in [2.75, 3.05) is 14.1 Å². The zero-order valence-electron chi connectivity index (χ0n) is 11.7. The molecule has 0 aromatic heterocycles. The number of ether oxygens (including phenoxy) is 1. The first-order valence-corrected chi connectivity index (χ1v) is 6.02. The molecule has 0 saturated carbocycles. The van der Waals surface area contributed by atoms with Crippen LogP contribution in [-0.4, -0.2) is 30.9 Å². The zero-order chi connectivity index (χ0) is 13.7. The summed E-state index contributed by atoms with van der Waals surface area (Å²) in [6.07, 6.45) is 2.79. The molecule has 0 unspecified atom stereocenters. The SMILES string of the molecule is Cc1cc(C)cc(O[C@H](C)C(=O)/C=C/N(C)C)c1. The summed E-state index contributed by atoms with van der Waals surface area (Å²) in [4.78, 5) is 13.6. The molecule has 0 N–H and O–H groups in total. The fraction of sp³-hybridized carbons (Fsp3) is 0.400. The fourth-order valence-electron chi connectivity index (χ4n) is 1.62. The summed E-state index contributed by atoms with van der Waals surface area (Å²) in [5.74, 6) is 0.703. The van der Waals surface area contributed by atoms with Gasteiger partial charge in [-0.1, -0.05) is 6.07 Å². The lowest BCUT2D eigenvalue weighted by Crippen LogP contribution is -2.22. The lowest BCUT2D eigenvalue weighted by Gasteiger charge is -2.13. The molecule has 0 amide bonds. The van der Waals surface area contributed by atoms with Crippen molar-refractivity contribution >= 4 is 5.78 Å². The molecule has 0 bridgehead atoms. The van der Waals surface area contributed by atoms with Gasteiger partial charge in [0.05, 0.1) is 0 Å². The van der Waals surface area contributed by atoms with E-state index in [1.54, 1.807) is 13.1 Å². The van der Waals surface area contributed by atoms with Crippen molar-refractivity contribution in [1.82, 2.24) is 4.90 Å². The average molecular weight is 247 g/mol. The van der Waals surface area contributed by atoms with E-state index in [9.17, 15) is 4.79 Å². The van der Waals surface area contributed by atoms with Crippen LogP contribution in [0.3, 0.4) is 0 Å².